The minimum Gasteiger partial charge on any atom is -0.249 e. The molecule has 0 fully saturated rings. The molecule has 0 aliphatic carbocycles. The number of nitrogens with zero attached hydrogens (tertiary/aromatic N) is 4. The monoisotopic (exact) mass is 247 g/mol. The average molecular weight is 247 g/mol. The summed E-state index contributed by atoms with van der Waals surface area (Å²) in [6.07, 6.45) is 1.41. The number of hydrogen-bond acceptors (Lipinski definition) is 4. The Balaban J connectivity index is 2.65. The van der Waals surface area contributed by atoms with Crippen molar-refractivity contribution in [2.75, 3.05) is 13.6 Å². The van der Waals surface area contributed by atoms with Gasteiger partial charge < -0.3 is 0 Å². The standard InChI is InChI=1S/C8H17N5O2S/c1-4-12(3)16(14,15)11-6-8-9-7-10-13(8)5-2/h7,11H,4-6H2,1-3H3. The van der Waals surface area contributed by atoms with Crippen LogP contribution in [0.15, 0.2) is 6.33 Å². The number of aryl methyl sites for hydroxylation is 1. The number of rotatable bonds is 6. The van der Waals surface area contributed by atoms with E-state index >= 15 is 0 Å². The Bertz CT molecular complexity index is 427. The lowest BCUT2D eigenvalue weighted by atomic mass is 10.6. The summed E-state index contributed by atoms with van der Waals surface area (Å²) in [6, 6.07) is 0. The van der Waals surface area contributed by atoms with Crippen molar-refractivity contribution in [1.82, 2.24) is 23.8 Å². The summed E-state index contributed by atoms with van der Waals surface area (Å²) < 4.78 is 28.6. The highest BCUT2D eigenvalue weighted by atomic mass is 32.2. The Kier molecular flexibility index (Phi) is 4.39. The quantitative estimate of drug-likeness (QED) is 0.740. The Morgan fingerprint density at radius 2 is 2.19 bits per heavy atom. The van der Waals surface area contributed by atoms with Gasteiger partial charge in [-0.3, -0.25) is 0 Å². The molecular weight excluding hydrogens is 230 g/mol. The molecule has 1 N–H and O–H groups in total. The second kappa shape index (κ2) is 5.37. The fourth-order valence-corrected chi connectivity index (χ4v) is 2.00. The molecule has 1 rings (SSSR count). The van der Waals surface area contributed by atoms with Gasteiger partial charge in [-0.15, -0.1) is 0 Å². The predicted octanol–water partition coefficient (Wildman–Crippen LogP) is -0.416. The van der Waals surface area contributed by atoms with Gasteiger partial charge in [0.05, 0.1) is 6.54 Å². The summed E-state index contributed by atoms with van der Waals surface area (Å²) in [4.78, 5) is 3.98. The van der Waals surface area contributed by atoms with Gasteiger partial charge in [-0.25, -0.2) is 9.67 Å². The van der Waals surface area contributed by atoms with Crippen LogP contribution in [-0.4, -0.2) is 41.1 Å². The smallest absolute Gasteiger partial charge is 0.249 e. The largest absolute Gasteiger partial charge is 0.279 e. The molecule has 0 saturated carbocycles. The molecule has 0 atom stereocenters. The highest BCUT2D eigenvalue weighted by molar-refractivity contribution is 7.87. The van der Waals surface area contributed by atoms with E-state index in [1.54, 1.807) is 11.6 Å². The summed E-state index contributed by atoms with van der Waals surface area (Å²) in [5.74, 6) is 0.607. The molecule has 0 saturated heterocycles. The molecule has 0 aliphatic rings. The predicted molar refractivity (Wildman–Crippen MR) is 59.8 cm³/mol. The number of hydrogen-bond donors (Lipinski definition) is 1. The second-order valence-corrected chi connectivity index (χ2v) is 5.09. The summed E-state index contributed by atoms with van der Waals surface area (Å²) in [6.45, 7) is 4.94. The van der Waals surface area contributed by atoms with Crippen molar-refractivity contribution in [3.05, 3.63) is 12.2 Å². The molecule has 1 aromatic heterocycles. The molecule has 0 unspecified atom stereocenters. The van der Waals surface area contributed by atoms with Crippen molar-refractivity contribution < 1.29 is 8.42 Å². The van der Waals surface area contributed by atoms with Crippen LogP contribution in [0.5, 0.6) is 0 Å². The number of nitrogens with one attached hydrogen (secondary N) is 1. The van der Waals surface area contributed by atoms with Crippen molar-refractivity contribution >= 4 is 10.2 Å². The van der Waals surface area contributed by atoms with E-state index < -0.39 is 10.2 Å². The zero-order valence-corrected chi connectivity index (χ0v) is 10.5. The van der Waals surface area contributed by atoms with Crippen molar-refractivity contribution in [3.8, 4) is 0 Å². The first-order valence-electron chi connectivity index (χ1n) is 5.08. The Hall–Kier alpha value is -0.990. The van der Waals surface area contributed by atoms with Crippen LogP contribution in [0.2, 0.25) is 0 Å². The summed E-state index contributed by atoms with van der Waals surface area (Å²) in [7, 11) is -1.89. The van der Waals surface area contributed by atoms with Crippen LogP contribution in [0, 0.1) is 0 Å². The maximum atomic E-state index is 11.6. The SMILES string of the molecule is CCN(C)S(=O)(=O)NCc1ncnn1CC. The normalized spacial score (nSPS) is 12.2. The minimum atomic E-state index is -3.41. The highest BCUT2D eigenvalue weighted by Crippen LogP contribution is 1.97. The fourth-order valence-electron chi connectivity index (χ4n) is 1.13. The molecule has 0 aliphatic heterocycles. The first-order chi connectivity index (χ1) is 7.51. The molecule has 92 valence electrons. The van der Waals surface area contributed by atoms with E-state index in [4.69, 9.17) is 0 Å². The van der Waals surface area contributed by atoms with Gasteiger partial charge in [0.15, 0.2) is 0 Å². The van der Waals surface area contributed by atoms with E-state index in [1.807, 2.05) is 6.92 Å². The molecule has 0 spiro atoms. The van der Waals surface area contributed by atoms with Crippen LogP contribution < -0.4 is 4.72 Å². The van der Waals surface area contributed by atoms with Crippen LogP contribution in [0.4, 0.5) is 0 Å². The molecule has 0 radical (unpaired) electrons. The summed E-state index contributed by atoms with van der Waals surface area (Å²) >= 11 is 0. The average Bonchev–Trinajstić information content (AvgIpc) is 2.72. The molecule has 0 aromatic carbocycles. The van der Waals surface area contributed by atoms with Gasteiger partial charge in [-0.05, 0) is 6.92 Å². The highest BCUT2D eigenvalue weighted by Gasteiger charge is 2.16. The lowest BCUT2D eigenvalue weighted by Gasteiger charge is -2.15. The zero-order chi connectivity index (χ0) is 12.2. The van der Waals surface area contributed by atoms with Gasteiger partial charge in [-0.1, -0.05) is 6.92 Å². The molecule has 8 heteroatoms. The van der Waals surface area contributed by atoms with Gasteiger partial charge in [0.2, 0.25) is 0 Å². The van der Waals surface area contributed by atoms with Crippen LogP contribution in [0.25, 0.3) is 0 Å². The van der Waals surface area contributed by atoms with Crippen LogP contribution in [0.1, 0.15) is 19.7 Å². The van der Waals surface area contributed by atoms with Crippen LogP contribution in [-0.2, 0) is 23.3 Å². The maximum absolute atomic E-state index is 11.6. The topological polar surface area (TPSA) is 80.1 Å². The van der Waals surface area contributed by atoms with E-state index in [0.717, 1.165) is 0 Å². The summed E-state index contributed by atoms with van der Waals surface area (Å²) in [5.41, 5.74) is 0. The van der Waals surface area contributed by atoms with Crippen LogP contribution >= 0.6 is 0 Å². The van der Waals surface area contributed by atoms with E-state index in [1.165, 1.54) is 17.7 Å². The molecule has 1 heterocycles. The van der Waals surface area contributed by atoms with Crippen molar-refractivity contribution in [3.63, 3.8) is 0 Å². The van der Waals surface area contributed by atoms with Gasteiger partial charge in [0.1, 0.15) is 12.2 Å². The summed E-state index contributed by atoms with van der Waals surface area (Å²) in [5, 5.41) is 3.96. The molecular formula is C8H17N5O2S. The second-order valence-electron chi connectivity index (χ2n) is 3.23. The third kappa shape index (κ3) is 3.00. The maximum Gasteiger partial charge on any atom is 0.279 e. The molecule has 7 nitrogen and oxygen atoms in total. The molecule has 0 bridgehead atoms. The van der Waals surface area contributed by atoms with Crippen LogP contribution in [0.3, 0.4) is 0 Å². The first-order valence-corrected chi connectivity index (χ1v) is 6.52. The number of aromatic nitrogens is 3. The van der Waals surface area contributed by atoms with E-state index in [0.29, 0.717) is 18.9 Å². The minimum absolute atomic E-state index is 0.153. The third-order valence-corrected chi connectivity index (χ3v) is 3.85. The first kappa shape index (κ1) is 13.1. The molecule has 1 aromatic rings. The van der Waals surface area contributed by atoms with Gasteiger partial charge >= 0.3 is 0 Å². The Labute approximate surface area is 95.7 Å². The van der Waals surface area contributed by atoms with Gasteiger partial charge in [0, 0.05) is 20.1 Å². The lowest BCUT2D eigenvalue weighted by Crippen LogP contribution is -2.38. The van der Waals surface area contributed by atoms with Crippen molar-refractivity contribution in [1.29, 1.82) is 0 Å². The lowest BCUT2D eigenvalue weighted by molar-refractivity contribution is 0.470. The zero-order valence-electron chi connectivity index (χ0n) is 9.71. The van der Waals surface area contributed by atoms with Crippen molar-refractivity contribution in [2.45, 2.75) is 26.9 Å². The molecule has 16 heavy (non-hydrogen) atoms. The van der Waals surface area contributed by atoms with Gasteiger partial charge in [-0.2, -0.15) is 22.5 Å². The van der Waals surface area contributed by atoms with E-state index in [9.17, 15) is 8.42 Å². The van der Waals surface area contributed by atoms with Gasteiger partial charge in [0.25, 0.3) is 10.2 Å². The Morgan fingerprint density at radius 1 is 1.50 bits per heavy atom. The van der Waals surface area contributed by atoms with E-state index in [2.05, 4.69) is 14.8 Å². The Morgan fingerprint density at radius 3 is 2.75 bits per heavy atom. The molecule has 0 amide bonds. The fraction of sp³-hybridized carbons (Fsp3) is 0.750. The van der Waals surface area contributed by atoms with Crippen molar-refractivity contribution in [2.24, 2.45) is 0 Å². The third-order valence-electron chi connectivity index (χ3n) is 2.26. The van der Waals surface area contributed by atoms with E-state index in [-0.39, 0.29) is 6.54 Å².